The van der Waals surface area contributed by atoms with Gasteiger partial charge in [-0.15, -0.1) is 0 Å². The molecule has 0 bridgehead atoms. The van der Waals surface area contributed by atoms with Crippen LogP contribution in [0.4, 0.5) is 11.8 Å². The Kier molecular flexibility index (Phi) is 7.78. The summed E-state index contributed by atoms with van der Waals surface area (Å²) >= 11 is 6.06. The van der Waals surface area contributed by atoms with Crippen LogP contribution in [0.2, 0.25) is 5.02 Å². The SMILES string of the molecule is O=S(=O)(Nc1nc(NCCc2cccc(O)c2)nc2c1CN(Cc1ccccc1)CC2)c1cccc(Cl)c1. The minimum Gasteiger partial charge on any atom is -0.508 e. The number of fused-ring (bicyclic) bond motifs is 1. The minimum atomic E-state index is -3.93. The third-order valence-corrected chi connectivity index (χ3v) is 7.90. The maximum atomic E-state index is 13.3. The number of phenols is 1. The maximum absolute atomic E-state index is 13.3. The van der Waals surface area contributed by atoms with Gasteiger partial charge in [0.25, 0.3) is 10.0 Å². The molecule has 8 nitrogen and oxygen atoms in total. The fraction of sp³-hybridized carbons (Fsp3) is 0.214. The van der Waals surface area contributed by atoms with Gasteiger partial charge in [-0.2, -0.15) is 4.98 Å². The highest BCUT2D eigenvalue weighted by molar-refractivity contribution is 7.92. The molecule has 0 amide bonds. The van der Waals surface area contributed by atoms with Crippen molar-refractivity contribution in [2.45, 2.75) is 30.8 Å². The number of sulfonamides is 1. The molecule has 10 heteroatoms. The summed E-state index contributed by atoms with van der Waals surface area (Å²) in [4.78, 5) is 11.6. The number of hydrogen-bond acceptors (Lipinski definition) is 7. The van der Waals surface area contributed by atoms with E-state index < -0.39 is 10.0 Å². The monoisotopic (exact) mass is 549 g/mol. The quantitative estimate of drug-likeness (QED) is 0.274. The fourth-order valence-electron chi connectivity index (χ4n) is 4.46. The van der Waals surface area contributed by atoms with E-state index in [4.69, 9.17) is 16.6 Å². The van der Waals surface area contributed by atoms with Gasteiger partial charge in [-0.3, -0.25) is 9.62 Å². The molecule has 0 saturated carbocycles. The van der Waals surface area contributed by atoms with Crippen LogP contribution in [0, 0.1) is 0 Å². The smallest absolute Gasteiger partial charge is 0.263 e. The normalized spacial score (nSPS) is 13.6. The average molecular weight is 550 g/mol. The average Bonchev–Trinajstić information content (AvgIpc) is 2.89. The van der Waals surface area contributed by atoms with Gasteiger partial charge >= 0.3 is 0 Å². The molecule has 0 fully saturated rings. The van der Waals surface area contributed by atoms with Crippen molar-refractivity contribution in [2.75, 3.05) is 23.1 Å². The number of nitrogens with one attached hydrogen (secondary N) is 2. The molecule has 1 aliphatic rings. The van der Waals surface area contributed by atoms with E-state index in [1.807, 2.05) is 24.3 Å². The predicted molar refractivity (Wildman–Crippen MR) is 149 cm³/mol. The molecule has 0 aliphatic carbocycles. The highest BCUT2D eigenvalue weighted by Gasteiger charge is 2.26. The first-order valence-electron chi connectivity index (χ1n) is 12.3. The van der Waals surface area contributed by atoms with Crippen molar-refractivity contribution < 1.29 is 13.5 Å². The molecule has 3 N–H and O–H groups in total. The van der Waals surface area contributed by atoms with E-state index in [-0.39, 0.29) is 16.5 Å². The Hall–Kier alpha value is -3.66. The van der Waals surface area contributed by atoms with Crippen LogP contribution in [0.25, 0.3) is 0 Å². The highest BCUT2D eigenvalue weighted by Crippen LogP contribution is 2.28. The van der Waals surface area contributed by atoms with Crippen molar-refractivity contribution in [3.05, 3.63) is 106 Å². The third kappa shape index (κ3) is 6.42. The van der Waals surface area contributed by atoms with E-state index in [0.717, 1.165) is 29.9 Å². The van der Waals surface area contributed by atoms with E-state index in [1.165, 1.54) is 17.7 Å². The first-order chi connectivity index (χ1) is 18.4. The topological polar surface area (TPSA) is 107 Å². The summed E-state index contributed by atoms with van der Waals surface area (Å²) in [5.74, 6) is 0.821. The van der Waals surface area contributed by atoms with E-state index in [0.29, 0.717) is 36.9 Å². The Bertz CT molecular complexity index is 1530. The van der Waals surface area contributed by atoms with Crippen molar-refractivity contribution in [3.63, 3.8) is 0 Å². The van der Waals surface area contributed by atoms with Crippen molar-refractivity contribution >= 4 is 33.4 Å². The number of benzene rings is 3. The number of halogens is 1. The Labute approximate surface area is 227 Å². The van der Waals surface area contributed by atoms with Crippen LogP contribution in [0.5, 0.6) is 5.75 Å². The molecule has 0 atom stereocenters. The largest absolute Gasteiger partial charge is 0.508 e. The molecule has 1 aromatic heterocycles. The number of rotatable bonds is 9. The molecule has 4 aromatic rings. The van der Waals surface area contributed by atoms with Crippen molar-refractivity contribution in [2.24, 2.45) is 0 Å². The van der Waals surface area contributed by atoms with E-state index >= 15 is 0 Å². The molecule has 38 heavy (non-hydrogen) atoms. The lowest BCUT2D eigenvalue weighted by Gasteiger charge is -2.29. The minimum absolute atomic E-state index is 0.0627. The second kappa shape index (κ2) is 11.4. The van der Waals surface area contributed by atoms with Gasteiger partial charge in [0.15, 0.2) is 0 Å². The molecule has 5 rings (SSSR count). The van der Waals surface area contributed by atoms with Crippen molar-refractivity contribution in [1.29, 1.82) is 0 Å². The van der Waals surface area contributed by atoms with Crippen LogP contribution >= 0.6 is 11.6 Å². The van der Waals surface area contributed by atoms with Crippen LogP contribution in [-0.4, -0.2) is 41.5 Å². The molecule has 0 spiro atoms. The van der Waals surface area contributed by atoms with Crippen molar-refractivity contribution in [1.82, 2.24) is 14.9 Å². The predicted octanol–water partition coefficient (Wildman–Crippen LogP) is 4.85. The summed E-state index contributed by atoms with van der Waals surface area (Å²) in [5, 5.41) is 13.3. The van der Waals surface area contributed by atoms with E-state index in [2.05, 4.69) is 32.1 Å². The lowest BCUT2D eigenvalue weighted by atomic mass is 10.1. The molecule has 3 aromatic carbocycles. The van der Waals surface area contributed by atoms with Crippen LogP contribution in [0.15, 0.2) is 83.8 Å². The van der Waals surface area contributed by atoms with Gasteiger partial charge in [-0.1, -0.05) is 60.1 Å². The summed E-state index contributed by atoms with van der Waals surface area (Å²) in [6.07, 6.45) is 1.31. The number of anilines is 2. The zero-order valence-corrected chi connectivity index (χ0v) is 22.2. The van der Waals surface area contributed by atoms with Gasteiger partial charge in [-0.25, -0.2) is 13.4 Å². The Morgan fingerprint density at radius 3 is 2.53 bits per heavy atom. The second-order valence-electron chi connectivity index (χ2n) is 9.18. The standard InChI is InChI=1S/C28H28ClN5O3S/c29-22-9-5-11-24(17-22)38(36,37)33-27-25-19-34(18-21-6-2-1-3-7-21)15-13-26(25)31-28(32-27)30-14-12-20-8-4-10-23(35)16-20/h1-11,16-17,35H,12-15,18-19H2,(H2,30,31,32,33). The molecule has 0 unspecified atom stereocenters. The third-order valence-electron chi connectivity index (χ3n) is 6.33. The summed E-state index contributed by atoms with van der Waals surface area (Å²) < 4.78 is 29.2. The fourth-order valence-corrected chi connectivity index (χ4v) is 5.80. The molecular formula is C28H28ClN5O3S. The van der Waals surface area contributed by atoms with Gasteiger partial charge in [0.1, 0.15) is 11.6 Å². The molecular weight excluding hydrogens is 522 g/mol. The van der Waals surface area contributed by atoms with Crippen molar-refractivity contribution in [3.8, 4) is 5.75 Å². The molecule has 0 radical (unpaired) electrons. The van der Waals surface area contributed by atoms with Gasteiger partial charge in [-0.05, 0) is 47.9 Å². The zero-order valence-electron chi connectivity index (χ0n) is 20.6. The van der Waals surface area contributed by atoms with Crippen LogP contribution in [0.3, 0.4) is 0 Å². The van der Waals surface area contributed by atoms with E-state index in [1.54, 1.807) is 30.3 Å². The summed E-state index contributed by atoms with van der Waals surface area (Å²) in [6.45, 7) is 2.57. The Balaban J connectivity index is 1.41. The van der Waals surface area contributed by atoms with Crippen LogP contribution < -0.4 is 10.0 Å². The van der Waals surface area contributed by atoms with Gasteiger partial charge in [0.05, 0.1) is 10.6 Å². The summed E-state index contributed by atoms with van der Waals surface area (Å²) in [7, 11) is -3.93. The first-order valence-corrected chi connectivity index (χ1v) is 14.2. The Morgan fingerprint density at radius 1 is 0.947 bits per heavy atom. The summed E-state index contributed by atoms with van der Waals surface area (Å²) in [5.41, 5.74) is 3.72. The van der Waals surface area contributed by atoms with Gasteiger partial charge in [0.2, 0.25) is 5.95 Å². The van der Waals surface area contributed by atoms with E-state index in [9.17, 15) is 13.5 Å². The lowest BCUT2D eigenvalue weighted by Crippen LogP contribution is -2.32. The van der Waals surface area contributed by atoms with Gasteiger partial charge in [0, 0.05) is 43.2 Å². The molecule has 0 saturated heterocycles. The first kappa shape index (κ1) is 26.0. The summed E-state index contributed by atoms with van der Waals surface area (Å²) in [6, 6.07) is 23.4. The molecule has 1 aliphatic heterocycles. The Morgan fingerprint density at radius 2 is 1.74 bits per heavy atom. The maximum Gasteiger partial charge on any atom is 0.263 e. The van der Waals surface area contributed by atoms with Crippen LogP contribution in [0.1, 0.15) is 22.4 Å². The number of aromatic hydroxyl groups is 1. The van der Waals surface area contributed by atoms with Crippen LogP contribution in [-0.2, 0) is 36.0 Å². The molecule has 2 heterocycles. The molecule has 196 valence electrons. The number of hydrogen-bond donors (Lipinski definition) is 3. The number of phenolic OH excluding ortho intramolecular Hbond substituents is 1. The second-order valence-corrected chi connectivity index (χ2v) is 11.3. The highest BCUT2D eigenvalue weighted by atomic mass is 35.5. The number of aromatic nitrogens is 2. The zero-order chi connectivity index (χ0) is 26.5. The lowest BCUT2D eigenvalue weighted by molar-refractivity contribution is 0.243. The van der Waals surface area contributed by atoms with Gasteiger partial charge < -0.3 is 10.4 Å². The number of nitrogens with zero attached hydrogens (tertiary/aromatic N) is 3.